The minimum absolute atomic E-state index is 0.0402. The van der Waals surface area contributed by atoms with Gasteiger partial charge in [-0.1, -0.05) is 17.3 Å². The zero-order valence-electron chi connectivity index (χ0n) is 16.7. The maximum absolute atomic E-state index is 12.4. The molecule has 30 heavy (non-hydrogen) atoms. The van der Waals surface area contributed by atoms with E-state index < -0.39 is 11.8 Å². The number of benzene rings is 2. The number of para-hydroxylation sites is 1. The van der Waals surface area contributed by atoms with Gasteiger partial charge in [0.25, 0.3) is 11.8 Å². The third kappa shape index (κ3) is 4.52. The van der Waals surface area contributed by atoms with Crippen molar-refractivity contribution in [2.75, 3.05) is 7.11 Å². The van der Waals surface area contributed by atoms with Crippen molar-refractivity contribution in [2.45, 2.75) is 20.5 Å². The number of amides is 2. The number of phenolic OH excluding ortho intramolecular Hbond substituents is 1. The monoisotopic (exact) mass is 411 g/mol. The van der Waals surface area contributed by atoms with Crippen molar-refractivity contribution in [3.05, 3.63) is 70.6 Å². The first-order valence-corrected chi connectivity index (χ1v) is 9.02. The van der Waals surface area contributed by atoms with Gasteiger partial charge in [0.2, 0.25) is 0 Å². The Hall–Kier alpha value is -4.01. The molecule has 3 rings (SSSR count). The van der Waals surface area contributed by atoms with Crippen molar-refractivity contribution < 1.29 is 28.7 Å². The van der Waals surface area contributed by atoms with E-state index in [1.54, 1.807) is 25.1 Å². The Bertz CT molecular complexity index is 1060. The standard InChI is InChI=1S/C21H21N3O6/c1-12-16(13(2)30-24-12)11-29-18-9-8-14(10-19(18)28-3)20(26)22-23-21(27)15-6-4-5-7-17(15)25/h4-10,25H,11H2,1-3H3,(H,22,26)(H,23,27). The zero-order valence-corrected chi connectivity index (χ0v) is 16.7. The van der Waals surface area contributed by atoms with Crippen molar-refractivity contribution in [1.82, 2.24) is 16.0 Å². The van der Waals surface area contributed by atoms with Gasteiger partial charge in [-0.2, -0.15) is 0 Å². The smallest absolute Gasteiger partial charge is 0.273 e. The van der Waals surface area contributed by atoms with Crippen LogP contribution in [-0.4, -0.2) is 29.2 Å². The number of aryl methyl sites for hydroxylation is 2. The summed E-state index contributed by atoms with van der Waals surface area (Å²) in [7, 11) is 1.46. The van der Waals surface area contributed by atoms with Crippen LogP contribution in [0.5, 0.6) is 17.2 Å². The molecule has 0 saturated carbocycles. The Morgan fingerprint density at radius 2 is 1.80 bits per heavy atom. The molecule has 0 saturated heterocycles. The van der Waals surface area contributed by atoms with Crippen LogP contribution in [-0.2, 0) is 6.61 Å². The summed E-state index contributed by atoms with van der Waals surface area (Å²) in [5.41, 5.74) is 6.42. The number of rotatable bonds is 6. The molecular formula is C21H21N3O6. The second-order valence-corrected chi connectivity index (χ2v) is 6.38. The molecule has 0 aliphatic carbocycles. The summed E-state index contributed by atoms with van der Waals surface area (Å²) in [5, 5.41) is 13.6. The predicted octanol–water partition coefficient (Wildman–Crippen LogP) is 2.66. The number of aromatic nitrogens is 1. The lowest BCUT2D eigenvalue weighted by atomic mass is 10.2. The molecule has 3 aromatic rings. The van der Waals surface area contributed by atoms with E-state index in [1.165, 1.54) is 31.4 Å². The Labute approximate surface area is 172 Å². The molecule has 0 aliphatic heterocycles. The molecule has 0 aliphatic rings. The maximum Gasteiger partial charge on any atom is 0.273 e. The van der Waals surface area contributed by atoms with Gasteiger partial charge >= 0.3 is 0 Å². The van der Waals surface area contributed by atoms with Crippen LogP contribution in [0.2, 0.25) is 0 Å². The molecule has 9 heteroatoms. The molecule has 2 amide bonds. The summed E-state index contributed by atoms with van der Waals surface area (Å²) in [6.45, 7) is 3.86. The SMILES string of the molecule is COc1cc(C(=O)NNC(=O)c2ccccc2O)ccc1OCc1c(C)noc1C. The number of carbonyl (C=O) groups excluding carboxylic acids is 2. The van der Waals surface area contributed by atoms with Gasteiger partial charge in [0.1, 0.15) is 18.1 Å². The fraction of sp³-hybridized carbons (Fsp3) is 0.190. The van der Waals surface area contributed by atoms with E-state index in [0.29, 0.717) is 17.3 Å². The number of methoxy groups -OCH3 is 1. The average molecular weight is 411 g/mol. The van der Waals surface area contributed by atoms with Gasteiger partial charge in [-0.15, -0.1) is 0 Å². The van der Waals surface area contributed by atoms with Crippen LogP contribution >= 0.6 is 0 Å². The topological polar surface area (TPSA) is 123 Å². The van der Waals surface area contributed by atoms with E-state index in [2.05, 4.69) is 16.0 Å². The predicted molar refractivity (Wildman–Crippen MR) is 106 cm³/mol. The van der Waals surface area contributed by atoms with Gasteiger partial charge in [0, 0.05) is 5.56 Å². The molecule has 156 valence electrons. The third-order valence-electron chi connectivity index (χ3n) is 4.42. The fourth-order valence-electron chi connectivity index (χ4n) is 2.70. The van der Waals surface area contributed by atoms with E-state index in [0.717, 1.165) is 11.3 Å². The summed E-state index contributed by atoms with van der Waals surface area (Å²) in [4.78, 5) is 24.5. The van der Waals surface area contributed by atoms with Gasteiger partial charge in [-0.25, -0.2) is 0 Å². The van der Waals surface area contributed by atoms with Crippen molar-refractivity contribution in [3.8, 4) is 17.2 Å². The number of aromatic hydroxyl groups is 1. The highest BCUT2D eigenvalue weighted by Gasteiger charge is 2.16. The second-order valence-electron chi connectivity index (χ2n) is 6.38. The summed E-state index contributed by atoms with van der Waals surface area (Å²) in [5.74, 6) is 0.0595. The molecule has 0 radical (unpaired) electrons. The number of ether oxygens (including phenoxy) is 2. The van der Waals surface area contributed by atoms with Gasteiger partial charge < -0.3 is 19.1 Å². The van der Waals surface area contributed by atoms with Crippen LogP contribution in [0, 0.1) is 13.8 Å². The number of hydrogen-bond donors (Lipinski definition) is 3. The van der Waals surface area contributed by atoms with E-state index in [4.69, 9.17) is 14.0 Å². The Morgan fingerprint density at radius 3 is 2.47 bits per heavy atom. The number of nitrogens with zero attached hydrogens (tertiary/aromatic N) is 1. The number of nitrogens with one attached hydrogen (secondary N) is 2. The van der Waals surface area contributed by atoms with Crippen LogP contribution in [0.15, 0.2) is 47.0 Å². The fourth-order valence-corrected chi connectivity index (χ4v) is 2.70. The van der Waals surface area contributed by atoms with Crippen LogP contribution < -0.4 is 20.3 Å². The molecule has 1 heterocycles. The summed E-state index contributed by atoms with van der Waals surface area (Å²) < 4.78 is 16.2. The maximum atomic E-state index is 12.4. The van der Waals surface area contributed by atoms with Crippen LogP contribution in [0.25, 0.3) is 0 Å². The number of hydrogen-bond acceptors (Lipinski definition) is 7. The van der Waals surface area contributed by atoms with Gasteiger partial charge in [0.05, 0.1) is 23.9 Å². The van der Waals surface area contributed by atoms with Crippen molar-refractivity contribution >= 4 is 11.8 Å². The largest absolute Gasteiger partial charge is 0.507 e. The average Bonchev–Trinajstić information content (AvgIpc) is 3.07. The molecule has 3 N–H and O–H groups in total. The Balaban J connectivity index is 1.65. The minimum Gasteiger partial charge on any atom is -0.507 e. The summed E-state index contributed by atoms with van der Waals surface area (Å²) in [6, 6.07) is 10.6. The first-order chi connectivity index (χ1) is 14.4. The molecule has 2 aromatic carbocycles. The van der Waals surface area contributed by atoms with Gasteiger partial charge in [0.15, 0.2) is 11.5 Å². The molecular weight excluding hydrogens is 390 g/mol. The van der Waals surface area contributed by atoms with E-state index in [1.807, 2.05) is 6.92 Å². The van der Waals surface area contributed by atoms with Gasteiger partial charge in [-0.05, 0) is 44.2 Å². The second kappa shape index (κ2) is 8.99. The summed E-state index contributed by atoms with van der Waals surface area (Å²) in [6.07, 6.45) is 0. The van der Waals surface area contributed by atoms with Crippen LogP contribution in [0.1, 0.15) is 37.7 Å². The highest BCUT2D eigenvalue weighted by atomic mass is 16.5. The molecule has 0 atom stereocenters. The molecule has 0 unspecified atom stereocenters. The quantitative estimate of drug-likeness (QED) is 0.533. The van der Waals surface area contributed by atoms with E-state index >= 15 is 0 Å². The van der Waals surface area contributed by atoms with Crippen LogP contribution in [0.4, 0.5) is 0 Å². The minimum atomic E-state index is -0.646. The van der Waals surface area contributed by atoms with Crippen molar-refractivity contribution in [2.24, 2.45) is 0 Å². The number of hydrazine groups is 1. The van der Waals surface area contributed by atoms with E-state index in [-0.39, 0.29) is 23.5 Å². The highest BCUT2D eigenvalue weighted by Crippen LogP contribution is 2.29. The first kappa shape index (κ1) is 20.7. The summed E-state index contributed by atoms with van der Waals surface area (Å²) >= 11 is 0. The Morgan fingerprint density at radius 1 is 1.07 bits per heavy atom. The molecule has 9 nitrogen and oxygen atoms in total. The molecule has 0 fully saturated rings. The lowest BCUT2D eigenvalue weighted by Crippen LogP contribution is -2.41. The normalized spacial score (nSPS) is 10.4. The number of carbonyl (C=O) groups is 2. The molecule has 1 aromatic heterocycles. The number of phenols is 1. The van der Waals surface area contributed by atoms with Crippen molar-refractivity contribution in [3.63, 3.8) is 0 Å². The van der Waals surface area contributed by atoms with E-state index in [9.17, 15) is 14.7 Å². The van der Waals surface area contributed by atoms with Gasteiger partial charge in [-0.3, -0.25) is 20.4 Å². The molecule has 0 spiro atoms. The highest BCUT2D eigenvalue weighted by molar-refractivity contribution is 6.00. The lowest BCUT2D eigenvalue weighted by Gasteiger charge is -2.13. The zero-order chi connectivity index (χ0) is 21.7. The van der Waals surface area contributed by atoms with Crippen LogP contribution in [0.3, 0.4) is 0 Å². The molecule has 0 bridgehead atoms. The third-order valence-corrected chi connectivity index (χ3v) is 4.42. The lowest BCUT2D eigenvalue weighted by molar-refractivity contribution is 0.0845. The first-order valence-electron chi connectivity index (χ1n) is 9.02. The van der Waals surface area contributed by atoms with Crippen molar-refractivity contribution in [1.29, 1.82) is 0 Å². The Kier molecular flexibility index (Phi) is 6.21.